The second kappa shape index (κ2) is 11.7. The smallest absolute Gasteiger partial charge is 0.220 e. The van der Waals surface area contributed by atoms with E-state index in [9.17, 15) is 4.79 Å². The Hall–Kier alpha value is -2.77. The van der Waals surface area contributed by atoms with Crippen LogP contribution >= 0.6 is 0 Å². The van der Waals surface area contributed by atoms with Gasteiger partial charge >= 0.3 is 0 Å². The number of aryl methyl sites for hydroxylation is 1. The topological polar surface area (TPSA) is 63.3 Å². The van der Waals surface area contributed by atoms with Gasteiger partial charge in [-0.1, -0.05) is 30.3 Å². The van der Waals surface area contributed by atoms with Crippen molar-refractivity contribution in [2.24, 2.45) is 0 Å². The summed E-state index contributed by atoms with van der Waals surface area (Å²) in [5, 5.41) is 3.04. The highest BCUT2D eigenvalue weighted by atomic mass is 16.5. The number of nitrogens with zero attached hydrogens (tertiary/aromatic N) is 2. The molecular formula is C25H35N3O4. The molecule has 0 atom stereocenters. The summed E-state index contributed by atoms with van der Waals surface area (Å²) in [5.41, 5.74) is 3.32. The maximum atomic E-state index is 12.5. The van der Waals surface area contributed by atoms with Crippen LogP contribution in [-0.4, -0.2) is 70.3 Å². The van der Waals surface area contributed by atoms with Crippen molar-refractivity contribution in [3.63, 3.8) is 0 Å². The highest BCUT2D eigenvalue weighted by molar-refractivity contribution is 5.76. The quantitative estimate of drug-likeness (QED) is 0.612. The molecule has 1 fully saturated rings. The van der Waals surface area contributed by atoms with Gasteiger partial charge in [0.2, 0.25) is 11.7 Å². The molecule has 0 saturated carbocycles. The first kappa shape index (κ1) is 23.9. The number of hydrogen-bond acceptors (Lipinski definition) is 6. The number of piperazine rings is 1. The zero-order valence-corrected chi connectivity index (χ0v) is 19.6. The number of amides is 1. The van der Waals surface area contributed by atoms with Gasteiger partial charge in [0, 0.05) is 45.7 Å². The predicted molar refractivity (Wildman–Crippen MR) is 125 cm³/mol. The molecule has 1 aliphatic heterocycles. The van der Waals surface area contributed by atoms with Gasteiger partial charge in [-0.3, -0.25) is 9.69 Å². The zero-order chi connectivity index (χ0) is 22.9. The molecule has 7 nitrogen and oxygen atoms in total. The monoisotopic (exact) mass is 441 g/mol. The number of likely N-dealkylation sites (N-methyl/N-ethyl adjacent to an activating group) is 1. The lowest BCUT2D eigenvalue weighted by molar-refractivity contribution is -0.121. The van der Waals surface area contributed by atoms with E-state index in [0.29, 0.717) is 36.6 Å². The average molecular weight is 442 g/mol. The van der Waals surface area contributed by atoms with E-state index < -0.39 is 0 Å². The zero-order valence-electron chi connectivity index (χ0n) is 19.6. The van der Waals surface area contributed by atoms with E-state index in [0.717, 1.165) is 43.9 Å². The molecule has 0 aromatic heterocycles. The number of methoxy groups -OCH3 is 3. The molecule has 0 spiro atoms. The first-order valence-corrected chi connectivity index (χ1v) is 11.1. The van der Waals surface area contributed by atoms with Crippen molar-refractivity contribution in [2.75, 3.05) is 54.6 Å². The lowest BCUT2D eigenvalue weighted by atomic mass is 10.1. The van der Waals surface area contributed by atoms with Crippen LogP contribution in [0.2, 0.25) is 0 Å². The summed E-state index contributed by atoms with van der Waals surface area (Å²) in [5.74, 6) is 1.77. The molecule has 3 rings (SSSR count). The Kier molecular flexibility index (Phi) is 8.76. The van der Waals surface area contributed by atoms with Gasteiger partial charge in [-0.05, 0) is 36.2 Å². The lowest BCUT2D eigenvalue weighted by Crippen LogP contribution is -2.43. The Morgan fingerprint density at radius 3 is 2.34 bits per heavy atom. The summed E-state index contributed by atoms with van der Waals surface area (Å²) in [6.45, 7) is 5.89. The van der Waals surface area contributed by atoms with Gasteiger partial charge in [-0.15, -0.1) is 0 Å². The van der Waals surface area contributed by atoms with Crippen molar-refractivity contribution in [2.45, 2.75) is 25.9 Å². The van der Waals surface area contributed by atoms with Crippen molar-refractivity contribution >= 4 is 5.91 Å². The average Bonchev–Trinajstić information content (AvgIpc) is 2.82. The van der Waals surface area contributed by atoms with Gasteiger partial charge in [-0.2, -0.15) is 0 Å². The fourth-order valence-electron chi connectivity index (χ4n) is 4.00. The van der Waals surface area contributed by atoms with Gasteiger partial charge in [0.05, 0.1) is 21.3 Å². The summed E-state index contributed by atoms with van der Waals surface area (Å²) in [6.07, 6.45) is 0.922. The van der Waals surface area contributed by atoms with E-state index in [1.54, 1.807) is 21.3 Å². The molecular weight excluding hydrogens is 406 g/mol. The Morgan fingerprint density at radius 1 is 0.938 bits per heavy atom. The largest absolute Gasteiger partial charge is 0.493 e. The second-order valence-electron chi connectivity index (χ2n) is 8.17. The number of carbonyl (C=O) groups excluding carboxylic acids is 1. The summed E-state index contributed by atoms with van der Waals surface area (Å²) >= 11 is 0. The molecule has 2 aromatic rings. The number of carbonyl (C=O) groups is 1. The van der Waals surface area contributed by atoms with Crippen molar-refractivity contribution in [3.8, 4) is 17.2 Å². The lowest BCUT2D eigenvalue weighted by Gasteiger charge is -2.32. The summed E-state index contributed by atoms with van der Waals surface area (Å²) < 4.78 is 16.3. The maximum absolute atomic E-state index is 12.5. The molecule has 1 amide bonds. The first-order valence-electron chi connectivity index (χ1n) is 11.1. The van der Waals surface area contributed by atoms with E-state index in [2.05, 4.69) is 46.4 Å². The van der Waals surface area contributed by atoms with E-state index in [-0.39, 0.29) is 5.91 Å². The molecule has 1 saturated heterocycles. The van der Waals surface area contributed by atoms with Crippen molar-refractivity contribution in [3.05, 3.63) is 53.1 Å². The first-order chi connectivity index (χ1) is 15.5. The van der Waals surface area contributed by atoms with Gasteiger partial charge in [0.15, 0.2) is 11.5 Å². The minimum absolute atomic E-state index is 0.00584. The molecule has 7 heteroatoms. The van der Waals surface area contributed by atoms with E-state index in [1.165, 1.54) is 5.56 Å². The molecule has 1 aliphatic rings. The van der Waals surface area contributed by atoms with Crippen LogP contribution in [0.4, 0.5) is 0 Å². The SMILES string of the molecule is COc1ccc(CCC(=O)NCc2cccc(CN3CCN(C)CC3)c2)c(OC)c1OC. The number of ether oxygens (including phenoxy) is 3. The van der Waals surface area contributed by atoms with Crippen molar-refractivity contribution in [1.29, 1.82) is 0 Å². The van der Waals surface area contributed by atoms with Gasteiger partial charge in [0.25, 0.3) is 0 Å². The van der Waals surface area contributed by atoms with Crippen LogP contribution in [0.15, 0.2) is 36.4 Å². The van der Waals surface area contributed by atoms with Gasteiger partial charge in [0.1, 0.15) is 0 Å². The van der Waals surface area contributed by atoms with Crippen molar-refractivity contribution < 1.29 is 19.0 Å². The number of rotatable bonds is 10. The predicted octanol–water partition coefficient (Wildman–Crippen LogP) is 2.71. The molecule has 1 heterocycles. The Bertz CT molecular complexity index is 895. The fourth-order valence-corrected chi connectivity index (χ4v) is 4.00. The number of benzene rings is 2. The Labute approximate surface area is 191 Å². The third-order valence-corrected chi connectivity index (χ3v) is 5.89. The molecule has 0 unspecified atom stereocenters. The van der Waals surface area contributed by atoms with Crippen molar-refractivity contribution in [1.82, 2.24) is 15.1 Å². The molecule has 32 heavy (non-hydrogen) atoms. The molecule has 0 radical (unpaired) electrons. The summed E-state index contributed by atoms with van der Waals surface area (Å²) in [4.78, 5) is 17.3. The maximum Gasteiger partial charge on any atom is 0.220 e. The molecule has 174 valence electrons. The standard InChI is InChI=1S/C25H35N3O4/c1-27-12-14-28(15-13-27)18-20-7-5-6-19(16-20)17-26-23(29)11-9-21-8-10-22(30-2)25(32-4)24(21)31-3/h5-8,10,16H,9,11-15,17-18H2,1-4H3,(H,26,29). The molecule has 2 aromatic carbocycles. The summed E-state index contributed by atoms with van der Waals surface area (Å²) in [6, 6.07) is 12.2. The molecule has 0 aliphatic carbocycles. The summed E-state index contributed by atoms with van der Waals surface area (Å²) in [7, 11) is 6.93. The normalized spacial score (nSPS) is 14.8. The minimum atomic E-state index is 0.00584. The number of hydrogen-bond donors (Lipinski definition) is 1. The van der Waals surface area contributed by atoms with E-state index >= 15 is 0 Å². The minimum Gasteiger partial charge on any atom is -0.493 e. The van der Waals surface area contributed by atoms with E-state index in [4.69, 9.17) is 14.2 Å². The highest BCUT2D eigenvalue weighted by Gasteiger charge is 2.17. The Balaban J connectivity index is 1.51. The van der Waals surface area contributed by atoms with Crippen LogP contribution in [0.25, 0.3) is 0 Å². The Morgan fingerprint density at radius 2 is 1.66 bits per heavy atom. The van der Waals surface area contributed by atoms with Gasteiger partial charge < -0.3 is 24.4 Å². The van der Waals surface area contributed by atoms with Crippen LogP contribution in [-0.2, 0) is 24.3 Å². The van der Waals surface area contributed by atoms with Crippen LogP contribution < -0.4 is 19.5 Å². The van der Waals surface area contributed by atoms with Crippen LogP contribution in [0.5, 0.6) is 17.2 Å². The van der Waals surface area contributed by atoms with Crippen LogP contribution in [0.3, 0.4) is 0 Å². The molecule has 0 bridgehead atoms. The highest BCUT2D eigenvalue weighted by Crippen LogP contribution is 2.40. The fraction of sp³-hybridized carbons (Fsp3) is 0.480. The third-order valence-electron chi connectivity index (χ3n) is 5.89. The van der Waals surface area contributed by atoms with E-state index in [1.807, 2.05) is 12.1 Å². The number of nitrogens with one attached hydrogen (secondary N) is 1. The van der Waals surface area contributed by atoms with Gasteiger partial charge in [-0.25, -0.2) is 0 Å². The van der Waals surface area contributed by atoms with Crippen LogP contribution in [0, 0.1) is 0 Å². The second-order valence-corrected chi connectivity index (χ2v) is 8.17. The van der Waals surface area contributed by atoms with Crippen LogP contribution in [0.1, 0.15) is 23.1 Å². The molecule has 1 N–H and O–H groups in total. The third kappa shape index (κ3) is 6.37.